The Balaban J connectivity index is 2.19. The van der Waals surface area contributed by atoms with Crippen LogP contribution in [-0.2, 0) is 16.6 Å². The van der Waals surface area contributed by atoms with Gasteiger partial charge >= 0.3 is 0 Å². The van der Waals surface area contributed by atoms with Crippen LogP contribution in [0.5, 0.6) is 0 Å². The van der Waals surface area contributed by atoms with Gasteiger partial charge in [0.1, 0.15) is 4.90 Å². The van der Waals surface area contributed by atoms with Crippen molar-refractivity contribution in [1.82, 2.24) is 5.32 Å². The maximum absolute atomic E-state index is 12.4. The zero-order valence-corrected chi connectivity index (χ0v) is 14.1. The van der Waals surface area contributed by atoms with Crippen LogP contribution < -0.4 is 10.0 Å². The average Bonchev–Trinajstić information content (AvgIpc) is 2.95. The van der Waals surface area contributed by atoms with Crippen molar-refractivity contribution in [2.45, 2.75) is 38.3 Å². The van der Waals surface area contributed by atoms with Crippen molar-refractivity contribution in [3.05, 3.63) is 32.6 Å². The molecule has 0 amide bonds. The van der Waals surface area contributed by atoms with E-state index in [1.807, 2.05) is 12.3 Å². The molecule has 0 aliphatic heterocycles. The molecule has 20 heavy (non-hydrogen) atoms. The highest BCUT2D eigenvalue weighted by Crippen LogP contribution is 2.28. The van der Waals surface area contributed by atoms with Crippen molar-refractivity contribution in [3.63, 3.8) is 0 Å². The summed E-state index contributed by atoms with van der Waals surface area (Å²) in [5, 5.41) is 6.92. The highest BCUT2D eigenvalue weighted by atomic mass is 32.2. The van der Waals surface area contributed by atoms with Crippen LogP contribution in [0.3, 0.4) is 0 Å². The Labute approximate surface area is 127 Å². The molecular weight excluding hydrogens is 312 g/mol. The molecule has 2 heterocycles. The van der Waals surface area contributed by atoms with Gasteiger partial charge in [-0.15, -0.1) is 11.3 Å². The number of anilines is 1. The van der Waals surface area contributed by atoms with Crippen LogP contribution in [0.1, 0.15) is 23.6 Å². The lowest BCUT2D eigenvalue weighted by molar-refractivity contribution is 0.592. The van der Waals surface area contributed by atoms with E-state index in [0.29, 0.717) is 23.2 Å². The molecule has 2 aromatic heterocycles. The molecule has 0 aliphatic rings. The Kier molecular flexibility index (Phi) is 4.85. The second-order valence-electron chi connectivity index (χ2n) is 4.79. The van der Waals surface area contributed by atoms with Gasteiger partial charge in [-0.2, -0.15) is 11.3 Å². The molecule has 2 aromatic rings. The molecule has 0 saturated carbocycles. The zero-order valence-electron chi connectivity index (χ0n) is 11.6. The van der Waals surface area contributed by atoms with Gasteiger partial charge in [0, 0.05) is 27.7 Å². The van der Waals surface area contributed by atoms with E-state index in [9.17, 15) is 8.42 Å². The number of nitrogens with one attached hydrogen (secondary N) is 2. The van der Waals surface area contributed by atoms with E-state index in [-0.39, 0.29) is 0 Å². The van der Waals surface area contributed by atoms with Gasteiger partial charge in [0.25, 0.3) is 10.0 Å². The van der Waals surface area contributed by atoms with Crippen LogP contribution >= 0.6 is 22.7 Å². The van der Waals surface area contributed by atoms with E-state index in [2.05, 4.69) is 23.9 Å². The first kappa shape index (κ1) is 15.5. The lowest BCUT2D eigenvalue weighted by Gasteiger charge is -2.05. The van der Waals surface area contributed by atoms with E-state index in [0.717, 1.165) is 9.75 Å². The van der Waals surface area contributed by atoms with Gasteiger partial charge in [0.15, 0.2) is 0 Å². The largest absolute Gasteiger partial charge is 0.310 e. The fourth-order valence-corrected chi connectivity index (χ4v) is 5.01. The standard InChI is InChI=1S/C13H18N2O2S3/c1-9(2)14-7-12-6-13(10(3)19-12)20(16,17)15-11-4-5-18-8-11/h4-6,8-9,14-15H,7H2,1-3H3. The molecule has 7 heteroatoms. The summed E-state index contributed by atoms with van der Waals surface area (Å²) in [6.07, 6.45) is 0. The van der Waals surface area contributed by atoms with Crippen LogP contribution in [0, 0.1) is 6.92 Å². The third kappa shape index (κ3) is 3.82. The maximum Gasteiger partial charge on any atom is 0.263 e. The first-order valence-electron chi connectivity index (χ1n) is 6.26. The summed E-state index contributed by atoms with van der Waals surface area (Å²) < 4.78 is 27.3. The average molecular weight is 330 g/mol. The second kappa shape index (κ2) is 6.26. The predicted octanol–water partition coefficient (Wildman–Crippen LogP) is 3.42. The number of rotatable bonds is 6. The van der Waals surface area contributed by atoms with Crippen molar-refractivity contribution in [2.24, 2.45) is 0 Å². The monoisotopic (exact) mass is 330 g/mol. The Morgan fingerprint density at radius 1 is 1.35 bits per heavy atom. The van der Waals surface area contributed by atoms with Crippen molar-refractivity contribution < 1.29 is 8.42 Å². The molecule has 0 atom stereocenters. The SMILES string of the molecule is Cc1sc(CNC(C)C)cc1S(=O)(=O)Nc1ccsc1. The van der Waals surface area contributed by atoms with Gasteiger partial charge in [0.2, 0.25) is 0 Å². The summed E-state index contributed by atoms with van der Waals surface area (Å²) in [5.41, 5.74) is 0.613. The molecule has 0 fully saturated rings. The van der Waals surface area contributed by atoms with E-state index in [4.69, 9.17) is 0 Å². The van der Waals surface area contributed by atoms with Gasteiger partial charge in [0.05, 0.1) is 5.69 Å². The Morgan fingerprint density at radius 3 is 2.70 bits per heavy atom. The van der Waals surface area contributed by atoms with Crippen LogP contribution in [0.2, 0.25) is 0 Å². The lowest BCUT2D eigenvalue weighted by atomic mass is 10.3. The topological polar surface area (TPSA) is 58.2 Å². The normalized spacial score (nSPS) is 12.0. The molecular formula is C13H18N2O2S3. The maximum atomic E-state index is 12.4. The minimum Gasteiger partial charge on any atom is -0.310 e. The Morgan fingerprint density at radius 2 is 2.10 bits per heavy atom. The highest BCUT2D eigenvalue weighted by molar-refractivity contribution is 7.93. The Hall–Kier alpha value is -0.890. The summed E-state index contributed by atoms with van der Waals surface area (Å²) >= 11 is 2.98. The molecule has 0 bridgehead atoms. The summed E-state index contributed by atoms with van der Waals surface area (Å²) in [5.74, 6) is 0. The van der Waals surface area contributed by atoms with Crippen molar-refractivity contribution in [1.29, 1.82) is 0 Å². The third-order valence-electron chi connectivity index (χ3n) is 2.67. The van der Waals surface area contributed by atoms with Crippen molar-refractivity contribution in [3.8, 4) is 0 Å². The zero-order chi connectivity index (χ0) is 14.8. The first-order valence-corrected chi connectivity index (χ1v) is 9.50. The third-order valence-corrected chi connectivity index (χ3v) is 6.04. The molecule has 0 saturated heterocycles. The van der Waals surface area contributed by atoms with Crippen LogP contribution in [0.15, 0.2) is 27.8 Å². The molecule has 4 nitrogen and oxygen atoms in total. The minimum absolute atomic E-state index is 0.370. The van der Waals surface area contributed by atoms with Crippen molar-refractivity contribution >= 4 is 38.4 Å². The van der Waals surface area contributed by atoms with Crippen LogP contribution in [0.25, 0.3) is 0 Å². The van der Waals surface area contributed by atoms with Crippen LogP contribution in [-0.4, -0.2) is 14.5 Å². The molecule has 0 aliphatic carbocycles. The van der Waals surface area contributed by atoms with E-state index >= 15 is 0 Å². The van der Waals surface area contributed by atoms with Gasteiger partial charge in [-0.25, -0.2) is 8.42 Å². The number of thiophene rings is 2. The fraction of sp³-hybridized carbons (Fsp3) is 0.385. The summed E-state index contributed by atoms with van der Waals surface area (Å²) in [6, 6.07) is 3.89. The summed E-state index contributed by atoms with van der Waals surface area (Å²) in [4.78, 5) is 2.21. The van der Waals surface area contributed by atoms with Crippen LogP contribution in [0.4, 0.5) is 5.69 Å². The molecule has 0 unspecified atom stereocenters. The summed E-state index contributed by atoms with van der Waals surface area (Å²) in [7, 11) is -3.49. The van der Waals surface area contributed by atoms with E-state index in [1.165, 1.54) is 22.7 Å². The molecule has 2 rings (SSSR count). The molecule has 2 N–H and O–H groups in total. The lowest BCUT2D eigenvalue weighted by Crippen LogP contribution is -2.21. The van der Waals surface area contributed by atoms with Gasteiger partial charge < -0.3 is 5.32 Å². The number of hydrogen-bond donors (Lipinski definition) is 2. The van der Waals surface area contributed by atoms with Gasteiger partial charge in [-0.3, -0.25) is 4.72 Å². The molecule has 0 spiro atoms. The number of sulfonamides is 1. The molecule has 0 aromatic carbocycles. The second-order valence-corrected chi connectivity index (χ2v) is 8.56. The smallest absolute Gasteiger partial charge is 0.263 e. The summed E-state index contributed by atoms with van der Waals surface area (Å²) in [6.45, 7) is 6.66. The minimum atomic E-state index is -3.49. The van der Waals surface area contributed by atoms with E-state index < -0.39 is 10.0 Å². The van der Waals surface area contributed by atoms with E-state index in [1.54, 1.807) is 17.5 Å². The number of hydrogen-bond acceptors (Lipinski definition) is 5. The molecule has 110 valence electrons. The quantitative estimate of drug-likeness (QED) is 0.853. The van der Waals surface area contributed by atoms with Gasteiger partial charge in [-0.1, -0.05) is 13.8 Å². The Bertz CT molecular complexity index is 658. The number of aryl methyl sites for hydroxylation is 1. The fourth-order valence-electron chi connectivity index (χ4n) is 1.72. The van der Waals surface area contributed by atoms with Crippen molar-refractivity contribution in [2.75, 3.05) is 4.72 Å². The highest BCUT2D eigenvalue weighted by Gasteiger charge is 2.20. The van der Waals surface area contributed by atoms with Gasteiger partial charge in [-0.05, 0) is 24.4 Å². The molecule has 0 radical (unpaired) electrons. The predicted molar refractivity (Wildman–Crippen MR) is 86.2 cm³/mol. The first-order chi connectivity index (χ1) is 9.38.